The monoisotopic (exact) mass is 232 g/mol. The number of anilines is 1. The Morgan fingerprint density at radius 2 is 2.12 bits per heavy atom. The van der Waals surface area contributed by atoms with Gasteiger partial charge in [0.1, 0.15) is 0 Å². The minimum absolute atomic E-state index is 0.707. The van der Waals surface area contributed by atoms with Crippen molar-refractivity contribution < 1.29 is 0 Å². The van der Waals surface area contributed by atoms with Crippen molar-refractivity contribution in [3.05, 3.63) is 29.8 Å². The Balaban J connectivity index is 2.07. The van der Waals surface area contributed by atoms with E-state index >= 15 is 0 Å². The molecule has 2 rings (SSSR count). The van der Waals surface area contributed by atoms with Crippen LogP contribution in [0.25, 0.3) is 0 Å². The number of rotatable bonds is 5. The topological polar surface area (TPSA) is 15.3 Å². The molecule has 2 heteroatoms. The molecule has 0 bridgehead atoms. The third-order valence-corrected chi connectivity index (χ3v) is 3.67. The fourth-order valence-corrected chi connectivity index (χ4v) is 2.75. The molecular weight excluding hydrogens is 208 g/mol. The van der Waals surface area contributed by atoms with Crippen molar-refractivity contribution in [2.45, 2.75) is 32.6 Å². The van der Waals surface area contributed by atoms with Gasteiger partial charge in [0.05, 0.1) is 0 Å². The van der Waals surface area contributed by atoms with E-state index in [1.165, 1.54) is 43.7 Å². The maximum atomic E-state index is 3.50. The number of para-hydroxylation sites is 1. The van der Waals surface area contributed by atoms with Crippen molar-refractivity contribution in [3.63, 3.8) is 0 Å². The zero-order valence-electron chi connectivity index (χ0n) is 11.1. The van der Waals surface area contributed by atoms with Crippen molar-refractivity contribution >= 4 is 5.69 Å². The molecule has 0 aliphatic carbocycles. The zero-order chi connectivity index (χ0) is 12.1. The molecule has 0 saturated carbocycles. The number of fused-ring (bicyclic) bond motifs is 1. The summed E-state index contributed by atoms with van der Waals surface area (Å²) < 4.78 is 0. The predicted octanol–water partition coefficient (Wildman–Crippen LogP) is 3.32. The summed E-state index contributed by atoms with van der Waals surface area (Å²) in [5.41, 5.74) is 2.85. The Morgan fingerprint density at radius 1 is 1.29 bits per heavy atom. The van der Waals surface area contributed by atoms with Gasteiger partial charge in [-0.25, -0.2) is 0 Å². The summed E-state index contributed by atoms with van der Waals surface area (Å²) >= 11 is 0. The SMILES string of the molecule is CCCN(CC)CC1CCNc2ccccc21. The molecular formula is C15H24N2. The average molecular weight is 232 g/mol. The van der Waals surface area contributed by atoms with E-state index in [0.29, 0.717) is 5.92 Å². The first-order valence-corrected chi connectivity index (χ1v) is 6.90. The first-order chi connectivity index (χ1) is 8.35. The molecule has 17 heavy (non-hydrogen) atoms. The van der Waals surface area contributed by atoms with E-state index in [1.807, 2.05) is 0 Å². The number of nitrogens with zero attached hydrogens (tertiary/aromatic N) is 1. The predicted molar refractivity (Wildman–Crippen MR) is 74.7 cm³/mol. The minimum atomic E-state index is 0.707. The van der Waals surface area contributed by atoms with Gasteiger partial charge in [0.15, 0.2) is 0 Å². The number of benzene rings is 1. The van der Waals surface area contributed by atoms with Gasteiger partial charge in [-0.15, -0.1) is 0 Å². The summed E-state index contributed by atoms with van der Waals surface area (Å²) in [6.45, 7) is 9.25. The van der Waals surface area contributed by atoms with Crippen LogP contribution in [-0.4, -0.2) is 31.1 Å². The molecule has 0 aromatic heterocycles. The first kappa shape index (κ1) is 12.4. The second-order valence-electron chi connectivity index (χ2n) is 4.89. The second kappa shape index (κ2) is 6.06. The zero-order valence-corrected chi connectivity index (χ0v) is 11.1. The molecule has 1 atom stereocenters. The maximum Gasteiger partial charge on any atom is 0.0376 e. The Morgan fingerprint density at radius 3 is 2.88 bits per heavy atom. The summed E-state index contributed by atoms with van der Waals surface area (Å²) in [6, 6.07) is 8.77. The third-order valence-electron chi connectivity index (χ3n) is 3.67. The fraction of sp³-hybridized carbons (Fsp3) is 0.600. The van der Waals surface area contributed by atoms with Crippen molar-refractivity contribution in [1.82, 2.24) is 4.90 Å². The molecule has 1 aromatic carbocycles. The summed E-state index contributed by atoms with van der Waals surface area (Å²) in [4.78, 5) is 2.58. The third kappa shape index (κ3) is 3.01. The van der Waals surface area contributed by atoms with Crippen LogP contribution < -0.4 is 5.32 Å². The van der Waals surface area contributed by atoms with Gasteiger partial charge < -0.3 is 10.2 Å². The molecule has 1 N–H and O–H groups in total. The lowest BCUT2D eigenvalue weighted by Crippen LogP contribution is -2.32. The Labute approximate surface area is 105 Å². The quantitative estimate of drug-likeness (QED) is 0.838. The lowest BCUT2D eigenvalue weighted by Gasteiger charge is -2.31. The van der Waals surface area contributed by atoms with Crippen LogP contribution in [0.5, 0.6) is 0 Å². The summed E-state index contributed by atoms with van der Waals surface area (Å²) in [7, 11) is 0. The number of hydrogen-bond acceptors (Lipinski definition) is 2. The summed E-state index contributed by atoms with van der Waals surface area (Å²) in [5, 5.41) is 3.50. The normalized spacial score (nSPS) is 18.9. The van der Waals surface area contributed by atoms with Crippen LogP contribution in [-0.2, 0) is 0 Å². The van der Waals surface area contributed by atoms with Gasteiger partial charge in [-0.05, 0) is 37.6 Å². The van der Waals surface area contributed by atoms with E-state index in [2.05, 4.69) is 48.3 Å². The molecule has 1 heterocycles. The molecule has 94 valence electrons. The lowest BCUT2D eigenvalue weighted by atomic mass is 9.90. The molecule has 1 aromatic rings. The highest BCUT2D eigenvalue weighted by Crippen LogP contribution is 2.31. The molecule has 0 spiro atoms. The lowest BCUT2D eigenvalue weighted by molar-refractivity contribution is 0.265. The van der Waals surface area contributed by atoms with Crippen molar-refractivity contribution in [2.24, 2.45) is 0 Å². The van der Waals surface area contributed by atoms with Crippen LogP contribution in [0, 0.1) is 0 Å². The van der Waals surface area contributed by atoms with E-state index in [9.17, 15) is 0 Å². The summed E-state index contributed by atoms with van der Waals surface area (Å²) in [6.07, 6.45) is 2.51. The van der Waals surface area contributed by atoms with Gasteiger partial charge in [-0.3, -0.25) is 0 Å². The van der Waals surface area contributed by atoms with Gasteiger partial charge in [0.25, 0.3) is 0 Å². The van der Waals surface area contributed by atoms with E-state index in [1.54, 1.807) is 0 Å². The highest BCUT2D eigenvalue weighted by molar-refractivity contribution is 5.54. The van der Waals surface area contributed by atoms with Crippen LogP contribution in [0.1, 0.15) is 38.2 Å². The highest BCUT2D eigenvalue weighted by atomic mass is 15.1. The average Bonchev–Trinajstić information content (AvgIpc) is 2.38. The van der Waals surface area contributed by atoms with Crippen LogP contribution >= 0.6 is 0 Å². The van der Waals surface area contributed by atoms with Crippen LogP contribution in [0.2, 0.25) is 0 Å². The van der Waals surface area contributed by atoms with Crippen LogP contribution in [0.4, 0.5) is 5.69 Å². The maximum absolute atomic E-state index is 3.50. The van der Waals surface area contributed by atoms with Crippen molar-refractivity contribution in [2.75, 3.05) is 31.5 Å². The fourth-order valence-electron chi connectivity index (χ4n) is 2.75. The van der Waals surface area contributed by atoms with Gasteiger partial charge in [-0.1, -0.05) is 32.0 Å². The first-order valence-electron chi connectivity index (χ1n) is 6.90. The van der Waals surface area contributed by atoms with E-state index in [-0.39, 0.29) is 0 Å². The molecule has 0 radical (unpaired) electrons. The van der Waals surface area contributed by atoms with E-state index < -0.39 is 0 Å². The smallest absolute Gasteiger partial charge is 0.0376 e. The Bertz CT molecular complexity index is 349. The molecule has 1 unspecified atom stereocenters. The molecule has 0 fully saturated rings. The van der Waals surface area contributed by atoms with E-state index in [4.69, 9.17) is 0 Å². The number of hydrogen-bond donors (Lipinski definition) is 1. The molecule has 1 aliphatic rings. The molecule has 1 aliphatic heterocycles. The van der Waals surface area contributed by atoms with Crippen molar-refractivity contribution in [3.8, 4) is 0 Å². The molecule has 2 nitrogen and oxygen atoms in total. The van der Waals surface area contributed by atoms with Crippen molar-refractivity contribution in [1.29, 1.82) is 0 Å². The number of likely N-dealkylation sites (N-methyl/N-ethyl adjacent to an activating group) is 1. The van der Waals surface area contributed by atoms with Gasteiger partial charge in [0.2, 0.25) is 0 Å². The molecule has 0 amide bonds. The highest BCUT2D eigenvalue weighted by Gasteiger charge is 2.21. The van der Waals surface area contributed by atoms with Gasteiger partial charge in [-0.2, -0.15) is 0 Å². The van der Waals surface area contributed by atoms with Crippen LogP contribution in [0.15, 0.2) is 24.3 Å². The van der Waals surface area contributed by atoms with Gasteiger partial charge in [0, 0.05) is 24.7 Å². The van der Waals surface area contributed by atoms with Gasteiger partial charge >= 0.3 is 0 Å². The second-order valence-corrected chi connectivity index (χ2v) is 4.89. The Kier molecular flexibility index (Phi) is 4.43. The standard InChI is InChI=1S/C15H24N2/c1-3-11-17(4-2)12-13-9-10-16-15-8-6-5-7-14(13)15/h5-8,13,16H,3-4,9-12H2,1-2H3. The number of nitrogens with one attached hydrogen (secondary N) is 1. The largest absolute Gasteiger partial charge is 0.385 e. The summed E-state index contributed by atoms with van der Waals surface area (Å²) in [5.74, 6) is 0.707. The van der Waals surface area contributed by atoms with E-state index in [0.717, 1.165) is 6.54 Å². The Hall–Kier alpha value is -1.02. The minimum Gasteiger partial charge on any atom is -0.385 e. The van der Waals surface area contributed by atoms with Crippen LogP contribution in [0.3, 0.4) is 0 Å². The molecule has 0 saturated heterocycles.